The van der Waals surface area contributed by atoms with Gasteiger partial charge in [0.1, 0.15) is 0 Å². The first kappa shape index (κ1) is 20.9. The van der Waals surface area contributed by atoms with Crippen LogP contribution in [0.5, 0.6) is 5.88 Å². The molecule has 3 N–H and O–H groups in total. The molecule has 2 heterocycles. The van der Waals surface area contributed by atoms with Crippen LogP contribution in [0.15, 0.2) is 53.6 Å². The lowest BCUT2D eigenvalue weighted by atomic mass is 9.80. The Hall–Kier alpha value is -3.01. The Balaban J connectivity index is 1.36. The summed E-state index contributed by atoms with van der Waals surface area (Å²) in [5, 5.41) is 12.8. The van der Waals surface area contributed by atoms with E-state index in [4.69, 9.17) is 9.39 Å². The summed E-state index contributed by atoms with van der Waals surface area (Å²) in [6.07, 6.45) is 4.73. The van der Waals surface area contributed by atoms with Crippen LogP contribution in [-0.4, -0.2) is 30.3 Å². The minimum absolute atomic E-state index is 0.297. The van der Waals surface area contributed by atoms with Gasteiger partial charge in [-0.2, -0.15) is 0 Å². The van der Waals surface area contributed by atoms with Crippen molar-refractivity contribution in [3.05, 3.63) is 65.4 Å². The lowest BCUT2D eigenvalue weighted by molar-refractivity contribution is 0.257. The standard InChI is InChI=1S/C23H22BN3O4S/c1-30-21-12-15(9-10-25-21)19-7-5-14-3-2-4-18(14)22(19)26-23(28)27-32-17-6-8-20-16(11-17)13-31-24(20)29/h5-12,29H,2-4,13H2,1H3,(H2,26,27,28). The molecule has 5 rings (SSSR count). The van der Waals surface area contributed by atoms with Crippen LogP contribution in [0.25, 0.3) is 11.1 Å². The van der Waals surface area contributed by atoms with Crippen LogP contribution in [0, 0.1) is 0 Å². The second-order valence-corrected chi connectivity index (χ2v) is 8.63. The number of anilines is 1. The molecule has 9 heteroatoms. The van der Waals surface area contributed by atoms with Gasteiger partial charge < -0.3 is 19.7 Å². The number of ether oxygens (including phenoxy) is 1. The summed E-state index contributed by atoms with van der Waals surface area (Å²) >= 11 is 1.23. The summed E-state index contributed by atoms with van der Waals surface area (Å²) in [4.78, 5) is 17.9. The van der Waals surface area contributed by atoms with Crippen molar-refractivity contribution in [1.82, 2.24) is 9.71 Å². The van der Waals surface area contributed by atoms with Gasteiger partial charge >= 0.3 is 13.1 Å². The highest BCUT2D eigenvalue weighted by molar-refractivity contribution is 7.98. The summed E-state index contributed by atoms with van der Waals surface area (Å²) in [5.74, 6) is 0.527. The monoisotopic (exact) mass is 447 g/mol. The molecule has 0 unspecified atom stereocenters. The molecule has 0 radical (unpaired) electrons. The molecule has 0 bridgehead atoms. The van der Waals surface area contributed by atoms with E-state index in [1.165, 1.54) is 23.1 Å². The number of hydrogen-bond donors (Lipinski definition) is 3. The quantitative estimate of drug-likeness (QED) is 0.411. The maximum Gasteiger partial charge on any atom is 0.491 e. The molecule has 0 saturated carbocycles. The van der Waals surface area contributed by atoms with Gasteiger partial charge in [-0.05, 0) is 77.1 Å². The third-order valence-corrected chi connectivity index (χ3v) is 6.59. The molecule has 162 valence electrons. The fourth-order valence-electron chi connectivity index (χ4n) is 4.25. The van der Waals surface area contributed by atoms with Crippen molar-refractivity contribution in [2.45, 2.75) is 30.8 Å². The van der Waals surface area contributed by atoms with Gasteiger partial charge in [-0.25, -0.2) is 9.78 Å². The van der Waals surface area contributed by atoms with Crippen LogP contribution in [0.3, 0.4) is 0 Å². The number of hydrogen-bond acceptors (Lipinski definition) is 6. The van der Waals surface area contributed by atoms with Gasteiger partial charge in [-0.3, -0.25) is 4.72 Å². The highest BCUT2D eigenvalue weighted by atomic mass is 32.2. The normalized spacial score (nSPS) is 14.1. The molecule has 1 aliphatic heterocycles. The predicted octanol–water partition coefficient (Wildman–Crippen LogP) is 3.29. The van der Waals surface area contributed by atoms with Gasteiger partial charge in [0.2, 0.25) is 5.88 Å². The zero-order chi connectivity index (χ0) is 22.1. The minimum atomic E-state index is -0.870. The first-order chi connectivity index (χ1) is 15.6. The Bertz CT molecular complexity index is 1190. The minimum Gasteiger partial charge on any atom is -0.481 e. The Morgan fingerprint density at radius 2 is 2.09 bits per heavy atom. The molecule has 0 saturated heterocycles. The van der Waals surface area contributed by atoms with E-state index in [0.29, 0.717) is 12.5 Å². The van der Waals surface area contributed by atoms with Crippen molar-refractivity contribution in [1.29, 1.82) is 0 Å². The lowest BCUT2D eigenvalue weighted by Gasteiger charge is -2.17. The number of carbonyl (C=O) groups is 1. The molecule has 2 amide bonds. The number of fused-ring (bicyclic) bond motifs is 2. The van der Waals surface area contributed by atoms with Crippen molar-refractivity contribution in [2.24, 2.45) is 0 Å². The van der Waals surface area contributed by atoms with Crippen molar-refractivity contribution in [2.75, 3.05) is 12.4 Å². The molecule has 0 fully saturated rings. The Kier molecular flexibility index (Phi) is 5.78. The summed E-state index contributed by atoms with van der Waals surface area (Å²) in [5.41, 5.74) is 6.87. The van der Waals surface area contributed by atoms with E-state index in [2.05, 4.69) is 21.1 Å². The second kappa shape index (κ2) is 8.86. The Labute approximate surface area is 190 Å². The highest BCUT2D eigenvalue weighted by Crippen LogP contribution is 2.38. The topological polar surface area (TPSA) is 92.7 Å². The molecule has 0 spiro atoms. The first-order valence-electron chi connectivity index (χ1n) is 10.4. The summed E-state index contributed by atoms with van der Waals surface area (Å²) < 4.78 is 13.4. The molecule has 2 aromatic carbocycles. The number of nitrogens with one attached hydrogen (secondary N) is 2. The van der Waals surface area contributed by atoms with Crippen LogP contribution in [0.2, 0.25) is 0 Å². The molecular weight excluding hydrogens is 425 g/mol. The number of urea groups is 1. The largest absolute Gasteiger partial charge is 0.491 e. The number of benzene rings is 2. The predicted molar refractivity (Wildman–Crippen MR) is 125 cm³/mol. The molecule has 1 aliphatic carbocycles. The van der Waals surface area contributed by atoms with E-state index in [9.17, 15) is 9.82 Å². The van der Waals surface area contributed by atoms with E-state index >= 15 is 0 Å². The number of methoxy groups -OCH3 is 1. The molecule has 2 aliphatic rings. The summed E-state index contributed by atoms with van der Waals surface area (Å²) in [7, 11) is 0.718. The average molecular weight is 447 g/mol. The van der Waals surface area contributed by atoms with E-state index < -0.39 is 7.12 Å². The second-order valence-electron chi connectivity index (χ2n) is 7.75. The van der Waals surface area contributed by atoms with E-state index in [1.807, 2.05) is 36.4 Å². The molecular formula is C23H22BN3O4S. The van der Waals surface area contributed by atoms with Crippen LogP contribution in [-0.2, 0) is 24.1 Å². The van der Waals surface area contributed by atoms with Crippen molar-refractivity contribution < 1.29 is 19.2 Å². The van der Waals surface area contributed by atoms with Crippen molar-refractivity contribution in [3.8, 4) is 17.0 Å². The number of pyridine rings is 1. The maximum atomic E-state index is 12.8. The number of rotatable bonds is 5. The van der Waals surface area contributed by atoms with Gasteiger partial charge in [0.25, 0.3) is 0 Å². The van der Waals surface area contributed by atoms with E-state index in [0.717, 1.165) is 52.0 Å². The highest BCUT2D eigenvalue weighted by Gasteiger charge is 2.27. The molecule has 0 atom stereocenters. The fourth-order valence-corrected chi connectivity index (χ4v) is 4.85. The van der Waals surface area contributed by atoms with Crippen molar-refractivity contribution in [3.63, 3.8) is 0 Å². The molecule has 1 aromatic heterocycles. The van der Waals surface area contributed by atoms with Gasteiger partial charge in [0.15, 0.2) is 0 Å². The number of aryl methyl sites for hydroxylation is 1. The van der Waals surface area contributed by atoms with Crippen LogP contribution >= 0.6 is 11.9 Å². The molecule has 7 nitrogen and oxygen atoms in total. The fraction of sp³-hybridized carbons (Fsp3) is 0.217. The van der Waals surface area contributed by atoms with E-state index in [-0.39, 0.29) is 6.03 Å². The number of amides is 2. The SMILES string of the molecule is COc1cc(-c2ccc3c(c2NC(=O)NSc2ccc4c(c2)COB4O)CCC3)ccn1. The summed E-state index contributed by atoms with van der Waals surface area (Å²) in [6, 6.07) is 13.3. The van der Waals surface area contributed by atoms with Gasteiger partial charge in [-0.15, -0.1) is 0 Å². The van der Waals surface area contributed by atoms with Crippen molar-refractivity contribution >= 4 is 36.2 Å². The lowest BCUT2D eigenvalue weighted by Crippen LogP contribution is -2.28. The summed E-state index contributed by atoms with van der Waals surface area (Å²) in [6.45, 7) is 0.367. The first-order valence-corrected chi connectivity index (χ1v) is 11.3. The molecule has 32 heavy (non-hydrogen) atoms. The van der Waals surface area contributed by atoms with E-state index in [1.54, 1.807) is 13.3 Å². The zero-order valence-corrected chi connectivity index (χ0v) is 18.4. The van der Waals surface area contributed by atoms with Crippen LogP contribution in [0.4, 0.5) is 10.5 Å². The Morgan fingerprint density at radius 3 is 2.97 bits per heavy atom. The third-order valence-electron chi connectivity index (χ3n) is 5.82. The van der Waals surface area contributed by atoms with Crippen LogP contribution in [0.1, 0.15) is 23.1 Å². The number of carbonyl (C=O) groups excluding carboxylic acids is 1. The third kappa shape index (κ3) is 4.06. The number of nitrogens with zero attached hydrogens (tertiary/aromatic N) is 1. The number of aromatic nitrogens is 1. The Morgan fingerprint density at radius 1 is 1.19 bits per heavy atom. The van der Waals surface area contributed by atoms with Gasteiger partial charge in [0, 0.05) is 22.7 Å². The van der Waals surface area contributed by atoms with Crippen LogP contribution < -0.4 is 20.2 Å². The zero-order valence-electron chi connectivity index (χ0n) is 17.6. The smallest absolute Gasteiger partial charge is 0.481 e. The average Bonchev–Trinajstić information content (AvgIpc) is 3.45. The van der Waals surface area contributed by atoms with Gasteiger partial charge in [-0.1, -0.05) is 18.2 Å². The molecule has 3 aromatic rings. The maximum absolute atomic E-state index is 12.8. The van der Waals surface area contributed by atoms with Gasteiger partial charge in [0.05, 0.1) is 19.4 Å².